The summed E-state index contributed by atoms with van der Waals surface area (Å²) in [5, 5.41) is 4.95. The molecule has 0 saturated carbocycles. The average Bonchev–Trinajstić information content (AvgIpc) is 3.39. The highest BCUT2D eigenvalue weighted by molar-refractivity contribution is 7.07. The number of anilines is 1. The maximum Gasteiger partial charge on any atom is 0.255 e. The van der Waals surface area contributed by atoms with E-state index in [0.717, 1.165) is 17.8 Å². The van der Waals surface area contributed by atoms with Gasteiger partial charge in [-0.25, -0.2) is 4.98 Å². The lowest BCUT2D eigenvalue weighted by Gasteiger charge is -2.09. The van der Waals surface area contributed by atoms with Gasteiger partial charge in [-0.15, -0.1) is 11.3 Å². The topological polar surface area (TPSA) is 51.2 Å². The van der Waals surface area contributed by atoms with Crippen LogP contribution in [0.3, 0.4) is 0 Å². The van der Waals surface area contributed by atoms with Crippen molar-refractivity contribution in [2.75, 3.05) is 5.32 Å². The van der Waals surface area contributed by atoms with Gasteiger partial charge in [0.25, 0.3) is 5.91 Å². The van der Waals surface area contributed by atoms with Crippen LogP contribution in [0.15, 0.2) is 77.6 Å². The fourth-order valence-corrected chi connectivity index (χ4v) is 4.16. The van der Waals surface area contributed by atoms with E-state index < -0.39 is 0 Å². The minimum absolute atomic E-state index is 0.153. The smallest absolute Gasteiger partial charge is 0.255 e. The van der Waals surface area contributed by atoms with E-state index in [4.69, 9.17) is 4.74 Å². The van der Waals surface area contributed by atoms with Gasteiger partial charge in [0.2, 0.25) is 0 Å². The van der Waals surface area contributed by atoms with Gasteiger partial charge in [-0.2, -0.15) is 0 Å². The third-order valence-electron chi connectivity index (χ3n) is 5.02. The van der Waals surface area contributed by atoms with Crippen LogP contribution in [0.5, 0.6) is 5.75 Å². The number of amides is 1. The molecule has 0 fully saturated rings. The highest BCUT2D eigenvalue weighted by atomic mass is 32.1. The Balaban J connectivity index is 1.30. The molecule has 0 radical (unpaired) electrons. The van der Waals surface area contributed by atoms with E-state index in [-0.39, 0.29) is 5.91 Å². The van der Waals surface area contributed by atoms with Crippen molar-refractivity contribution < 1.29 is 9.53 Å². The first kappa shape index (κ1) is 17.6. The average molecular weight is 398 g/mol. The van der Waals surface area contributed by atoms with Crippen LogP contribution in [0.25, 0.3) is 11.1 Å². The summed E-state index contributed by atoms with van der Waals surface area (Å²) in [6, 6.07) is 21.8. The summed E-state index contributed by atoms with van der Waals surface area (Å²) in [6.45, 7) is 0.389. The van der Waals surface area contributed by atoms with Crippen LogP contribution in [-0.4, -0.2) is 10.9 Å². The van der Waals surface area contributed by atoms with Gasteiger partial charge in [0.1, 0.15) is 12.4 Å². The molecule has 1 heterocycles. The Labute approximate surface area is 172 Å². The Hall–Kier alpha value is -3.44. The molecule has 29 heavy (non-hydrogen) atoms. The molecule has 1 N–H and O–H groups in total. The summed E-state index contributed by atoms with van der Waals surface area (Å²) in [5.41, 5.74) is 9.11. The van der Waals surface area contributed by atoms with E-state index in [9.17, 15) is 4.79 Å². The number of ether oxygens (including phenoxy) is 1. The van der Waals surface area contributed by atoms with Gasteiger partial charge in [0.15, 0.2) is 0 Å². The van der Waals surface area contributed by atoms with E-state index in [2.05, 4.69) is 46.7 Å². The molecule has 4 aromatic rings. The van der Waals surface area contributed by atoms with Gasteiger partial charge < -0.3 is 10.1 Å². The van der Waals surface area contributed by atoms with Crippen LogP contribution >= 0.6 is 11.3 Å². The summed E-state index contributed by atoms with van der Waals surface area (Å²) in [6.07, 6.45) is 0.898. The molecule has 4 nitrogen and oxygen atoms in total. The minimum atomic E-state index is -0.153. The Morgan fingerprint density at radius 1 is 1.00 bits per heavy atom. The SMILES string of the molecule is O=C(Nc1ccc2c(c1)Cc1ccccc1-2)c1cccc(OCc2cscn2)c1. The summed E-state index contributed by atoms with van der Waals surface area (Å²) in [4.78, 5) is 16.9. The lowest BCUT2D eigenvalue weighted by molar-refractivity contribution is 0.102. The van der Waals surface area contributed by atoms with Gasteiger partial charge in [-0.3, -0.25) is 4.79 Å². The predicted molar refractivity (Wildman–Crippen MR) is 116 cm³/mol. The molecule has 0 saturated heterocycles. The van der Waals surface area contributed by atoms with Crippen molar-refractivity contribution in [3.05, 3.63) is 100 Å². The molecule has 5 heteroatoms. The number of carbonyl (C=O) groups excluding carboxylic acids is 1. The molecule has 3 aromatic carbocycles. The Morgan fingerprint density at radius 2 is 1.90 bits per heavy atom. The van der Waals surface area contributed by atoms with Crippen LogP contribution in [0, 0.1) is 0 Å². The molecular formula is C24H18N2O2S. The number of benzene rings is 3. The Kier molecular flexibility index (Phi) is 4.58. The van der Waals surface area contributed by atoms with Crippen molar-refractivity contribution in [3.8, 4) is 16.9 Å². The van der Waals surface area contributed by atoms with Crippen LogP contribution in [0.4, 0.5) is 5.69 Å². The van der Waals surface area contributed by atoms with Crippen molar-refractivity contribution in [2.45, 2.75) is 13.0 Å². The second kappa shape index (κ2) is 7.53. The molecule has 0 spiro atoms. The number of thiazole rings is 1. The fourth-order valence-electron chi connectivity index (χ4n) is 3.62. The van der Waals surface area contributed by atoms with Crippen molar-refractivity contribution in [1.82, 2.24) is 4.98 Å². The van der Waals surface area contributed by atoms with E-state index in [1.54, 1.807) is 17.6 Å². The maximum absolute atomic E-state index is 12.7. The highest BCUT2D eigenvalue weighted by Crippen LogP contribution is 2.37. The normalized spacial score (nSPS) is 11.6. The monoisotopic (exact) mass is 398 g/mol. The van der Waals surface area contributed by atoms with E-state index in [0.29, 0.717) is 17.9 Å². The molecule has 1 aromatic heterocycles. The molecule has 1 aliphatic rings. The van der Waals surface area contributed by atoms with E-state index in [1.165, 1.54) is 33.6 Å². The van der Waals surface area contributed by atoms with Crippen LogP contribution < -0.4 is 10.1 Å². The van der Waals surface area contributed by atoms with Crippen molar-refractivity contribution >= 4 is 22.9 Å². The standard InChI is InChI=1S/C24H18N2O2S/c27-24(17-5-3-6-21(12-17)28-13-20-14-29-15-25-20)26-19-8-9-23-18(11-19)10-16-4-1-2-7-22(16)23/h1-9,11-12,14-15H,10,13H2,(H,26,27). The number of hydrogen-bond donors (Lipinski definition) is 1. The summed E-state index contributed by atoms with van der Waals surface area (Å²) < 4.78 is 5.75. The molecule has 1 aliphatic carbocycles. The molecule has 0 unspecified atom stereocenters. The van der Waals surface area contributed by atoms with Gasteiger partial charge in [0.05, 0.1) is 11.2 Å². The molecule has 0 bridgehead atoms. The number of rotatable bonds is 5. The molecule has 0 atom stereocenters. The van der Waals surface area contributed by atoms with Gasteiger partial charge in [-0.05, 0) is 59.0 Å². The van der Waals surface area contributed by atoms with Crippen molar-refractivity contribution in [1.29, 1.82) is 0 Å². The predicted octanol–water partition coefficient (Wildman–Crippen LogP) is 5.55. The lowest BCUT2D eigenvalue weighted by atomic mass is 10.1. The van der Waals surface area contributed by atoms with Crippen LogP contribution in [-0.2, 0) is 13.0 Å². The third kappa shape index (κ3) is 3.65. The number of carbonyl (C=O) groups is 1. The van der Waals surface area contributed by atoms with Crippen molar-refractivity contribution in [3.63, 3.8) is 0 Å². The number of fused-ring (bicyclic) bond motifs is 3. The zero-order valence-electron chi connectivity index (χ0n) is 15.6. The number of aromatic nitrogens is 1. The first-order valence-electron chi connectivity index (χ1n) is 9.39. The molecule has 0 aliphatic heterocycles. The van der Waals surface area contributed by atoms with Crippen LogP contribution in [0.2, 0.25) is 0 Å². The van der Waals surface area contributed by atoms with E-state index >= 15 is 0 Å². The second-order valence-electron chi connectivity index (χ2n) is 6.96. The summed E-state index contributed by atoms with van der Waals surface area (Å²) in [5.74, 6) is 0.495. The number of nitrogens with one attached hydrogen (secondary N) is 1. The Bertz CT molecular complexity index is 1190. The zero-order chi connectivity index (χ0) is 19.6. The maximum atomic E-state index is 12.7. The third-order valence-corrected chi connectivity index (χ3v) is 5.65. The summed E-state index contributed by atoms with van der Waals surface area (Å²) >= 11 is 1.53. The zero-order valence-corrected chi connectivity index (χ0v) is 16.4. The van der Waals surface area contributed by atoms with Gasteiger partial charge in [0, 0.05) is 16.6 Å². The number of hydrogen-bond acceptors (Lipinski definition) is 4. The largest absolute Gasteiger partial charge is 0.487 e. The first-order chi connectivity index (χ1) is 14.3. The quantitative estimate of drug-likeness (QED) is 0.423. The van der Waals surface area contributed by atoms with Gasteiger partial charge >= 0.3 is 0 Å². The molecule has 5 rings (SSSR count). The molecular weight excluding hydrogens is 380 g/mol. The number of nitrogens with zero attached hydrogens (tertiary/aromatic N) is 1. The lowest BCUT2D eigenvalue weighted by Crippen LogP contribution is -2.12. The first-order valence-corrected chi connectivity index (χ1v) is 10.3. The molecule has 1 amide bonds. The van der Waals surface area contributed by atoms with E-state index in [1.807, 2.05) is 23.6 Å². The Morgan fingerprint density at radius 3 is 2.79 bits per heavy atom. The highest BCUT2D eigenvalue weighted by Gasteiger charge is 2.18. The second-order valence-corrected chi connectivity index (χ2v) is 7.67. The summed E-state index contributed by atoms with van der Waals surface area (Å²) in [7, 11) is 0. The minimum Gasteiger partial charge on any atom is -0.487 e. The fraction of sp³-hybridized carbons (Fsp3) is 0.0833. The van der Waals surface area contributed by atoms with Gasteiger partial charge in [-0.1, -0.05) is 36.4 Å². The van der Waals surface area contributed by atoms with Crippen molar-refractivity contribution in [2.24, 2.45) is 0 Å². The van der Waals surface area contributed by atoms with Crippen LogP contribution in [0.1, 0.15) is 27.2 Å². The molecule has 142 valence electrons.